The number of nitrogens with one attached hydrogen (secondary N) is 2. The first-order chi connectivity index (χ1) is 13.0. The average Bonchev–Trinajstić information content (AvgIpc) is 3.11. The topological polar surface area (TPSA) is 63.2 Å². The highest BCUT2D eigenvalue weighted by molar-refractivity contribution is 7.80. The maximum absolute atomic E-state index is 12.3. The zero-order chi connectivity index (χ0) is 19.2. The zero-order valence-electron chi connectivity index (χ0n) is 14.4. The fourth-order valence-corrected chi connectivity index (χ4v) is 3.36. The van der Waals surface area contributed by atoms with E-state index in [4.69, 9.17) is 28.6 Å². The molecule has 0 bridgehead atoms. The molecule has 0 atom stereocenters. The summed E-state index contributed by atoms with van der Waals surface area (Å²) in [6, 6.07) is 14.3. The first kappa shape index (κ1) is 19.3. The van der Waals surface area contributed by atoms with Crippen LogP contribution in [0.4, 0.5) is 5.13 Å². The van der Waals surface area contributed by atoms with Gasteiger partial charge in [-0.1, -0.05) is 23.7 Å². The number of nitrogens with zero attached hydrogens (tertiary/aromatic N) is 1. The van der Waals surface area contributed by atoms with Gasteiger partial charge in [-0.05, 0) is 55.5 Å². The van der Waals surface area contributed by atoms with Crippen LogP contribution in [0.2, 0.25) is 5.02 Å². The highest BCUT2D eigenvalue weighted by atomic mass is 35.5. The van der Waals surface area contributed by atoms with Gasteiger partial charge in [0.15, 0.2) is 10.2 Å². The number of thiocarbonyl (C=S) groups is 1. The molecule has 0 saturated carbocycles. The Kier molecular flexibility index (Phi) is 6.39. The SMILES string of the molecule is CCOc1ccc(C(=O)NC(=S)Nc2nc(-c3ccc(Cl)cc3)cs2)cc1. The van der Waals surface area contributed by atoms with E-state index >= 15 is 0 Å². The lowest BCUT2D eigenvalue weighted by Gasteiger charge is -2.08. The van der Waals surface area contributed by atoms with Gasteiger partial charge in [0.25, 0.3) is 5.91 Å². The van der Waals surface area contributed by atoms with Gasteiger partial charge in [0.1, 0.15) is 5.75 Å². The summed E-state index contributed by atoms with van der Waals surface area (Å²) in [6.07, 6.45) is 0. The van der Waals surface area contributed by atoms with Gasteiger partial charge in [-0.3, -0.25) is 10.1 Å². The first-order valence-electron chi connectivity index (χ1n) is 8.12. The number of amides is 1. The van der Waals surface area contributed by atoms with Crippen molar-refractivity contribution in [3.8, 4) is 17.0 Å². The largest absolute Gasteiger partial charge is 0.494 e. The van der Waals surface area contributed by atoms with Crippen molar-refractivity contribution in [2.45, 2.75) is 6.92 Å². The molecule has 27 heavy (non-hydrogen) atoms. The molecule has 2 N–H and O–H groups in total. The number of anilines is 1. The van der Waals surface area contributed by atoms with Crippen LogP contribution in [0.25, 0.3) is 11.3 Å². The second-order valence-corrected chi connectivity index (χ2v) is 7.11. The van der Waals surface area contributed by atoms with Crippen LogP contribution in [-0.2, 0) is 0 Å². The van der Waals surface area contributed by atoms with E-state index in [1.165, 1.54) is 11.3 Å². The Balaban J connectivity index is 1.59. The third kappa shape index (κ3) is 5.26. The molecule has 0 fully saturated rings. The second kappa shape index (κ2) is 8.94. The quantitative estimate of drug-likeness (QED) is 0.572. The number of halogens is 1. The van der Waals surface area contributed by atoms with E-state index in [0.717, 1.165) is 11.3 Å². The van der Waals surface area contributed by atoms with Gasteiger partial charge in [0.05, 0.1) is 12.3 Å². The summed E-state index contributed by atoms with van der Waals surface area (Å²) in [5, 5.41) is 8.93. The molecule has 2 aromatic carbocycles. The molecule has 0 spiro atoms. The third-order valence-corrected chi connectivity index (χ3v) is 4.73. The molecule has 1 amide bonds. The summed E-state index contributed by atoms with van der Waals surface area (Å²) < 4.78 is 5.36. The Labute approximate surface area is 171 Å². The molecule has 3 rings (SSSR count). The molecule has 5 nitrogen and oxygen atoms in total. The van der Waals surface area contributed by atoms with Crippen LogP contribution in [0.3, 0.4) is 0 Å². The van der Waals surface area contributed by atoms with Gasteiger partial charge in [0, 0.05) is 21.5 Å². The summed E-state index contributed by atoms with van der Waals surface area (Å²) in [4.78, 5) is 16.7. The number of thiazole rings is 1. The van der Waals surface area contributed by atoms with Crippen LogP contribution >= 0.6 is 35.2 Å². The predicted octanol–water partition coefficient (Wildman–Crippen LogP) is 4.99. The normalized spacial score (nSPS) is 10.3. The van der Waals surface area contributed by atoms with Crippen molar-refractivity contribution in [1.29, 1.82) is 0 Å². The first-order valence-corrected chi connectivity index (χ1v) is 9.78. The van der Waals surface area contributed by atoms with Gasteiger partial charge >= 0.3 is 0 Å². The number of hydrogen-bond donors (Lipinski definition) is 2. The van der Waals surface area contributed by atoms with Crippen molar-refractivity contribution >= 4 is 51.3 Å². The monoisotopic (exact) mass is 417 g/mol. The van der Waals surface area contributed by atoms with Crippen LogP contribution < -0.4 is 15.4 Å². The highest BCUT2D eigenvalue weighted by Crippen LogP contribution is 2.25. The minimum Gasteiger partial charge on any atom is -0.494 e. The number of ether oxygens (including phenoxy) is 1. The lowest BCUT2D eigenvalue weighted by atomic mass is 10.2. The van der Waals surface area contributed by atoms with E-state index in [1.807, 2.05) is 36.6 Å². The Morgan fingerprint density at radius 1 is 1.19 bits per heavy atom. The molecule has 138 valence electrons. The summed E-state index contributed by atoms with van der Waals surface area (Å²) in [7, 11) is 0. The van der Waals surface area contributed by atoms with Crippen LogP contribution in [-0.4, -0.2) is 22.6 Å². The van der Waals surface area contributed by atoms with Crippen molar-refractivity contribution in [3.63, 3.8) is 0 Å². The highest BCUT2D eigenvalue weighted by Gasteiger charge is 2.10. The lowest BCUT2D eigenvalue weighted by molar-refractivity contribution is 0.0977. The van der Waals surface area contributed by atoms with E-state index < -0.39 is 0 Å². The number of benzene rings is 2. The smallest absolute Gasteiger partial charge is 0.257 e. The molecule has 0 aliphatic carbocycles. The van der Waals surface area contributed by atoms with Crippen molar-refractivity contribution in [1.82, 2.24) is 10.3 Å². The van der Waals surface area contributed by atoms with Gasteiger partial charge in [0.2, 0.25) is 0 Å². The minimum atomic E-state index is -0.301. The average molecular weight is 418 g/mol. The zero-order valence-corrected chi connectivity index (χ0v) is 16.8. The molecule has 1 aromatic heterocycles. The predicted molar refractivity (Wildman–Crippen MR) is 114 cm³/mol. The van der Waals surface area contributed by atoms with Crippen molar-refractivity contribution in [2.24, 2.45) is 0 Å². The maximum Gasteiger partial charge on any atom is 0.257 e. The molecule has 0 radical (unpaired) electrons. The standard InChI is InChI=1S/C19H16ClN3O2S2/c1-2-25-15-9-5-13(6-10-15)17(24)22-18(26)23-19-21-16(11-27-19)12-3-7-14(20)8-4-12/h3-11H,2H2,1H3,(H2,21,22,23,24,26). The van der Waals surface area contributed by atoms with E-state index in [9.17, 15) is 4.79 Å². The number of aromatic nitrogens is 1. The fraction of sp³-hybridized carbons (Fsp3) is 0.105. The fourth-order valence-electron chi connectivity index (χ4n) is 2.26. The lowest BCUT2D eigenvalue weighted by Crippen LogP contribution is -2.34. The molecule has 3 aromatic rings. The minimum absolute atomic E-state index is 0.186. The molecular formula is C19H16ClN3O2S2. The Hall–Kier alpha value is -2.48. The van der Waals surface area contributed by atoms with Crippen molar-refractivity contribution in [2.75, 3.05) is 11.9 Å². The number of carbonyl (C=O) groups is 1. The number of carbonyl (C=O) groups excluding carboxylic acids is 1. The van der Waals surface area contributed by atoms with Crippen LogP contribution in [0, 0.1) is 0 Å². The molecule has 8 heteroatoms. The Morgan fingerprint density at radius 3 is 2.56 bits per heavy atom. The van der Waals surface area contributed by atoms with Crippen LogP contribution in [0.15, 0.2) is 53.9 Å². The van der Waals surface area contributed by atoms with Gasteiger partial charge in [-0.15, -0.1) is 11.3 Å². The second-order valence-electron chi connectivity index (χ2n) is 5.41. The molecule has 0 aliphatic heterocycles. The molecule has 0 unspecified atom stereocenters. The summed E-state index contributed by atoms with van der Waals surface area (Å²) in [6.45, 7) is 2.48. The van der Waals surface area contributed by atoms with E-state index in [-0.39, 0.29) is 11.0 Å². The summed E-state index contributed by atoms with van der Waals surface area (Å²) in [5.74, 6) is 0.414. The van der Waals surface area contributed by atoms with Gasteiger partial charge in [-0.25, -0.2) is 4.98 Å². The third-order valence-electron chi connectivity index (χ3n) is 3.52. The molecule has 0 saturated heterocycles. The van der Waals surface area contributed by atoms with E-state index in [1.54, 1.807) is 24.3 Å². The number of rotatable bonds is 5. The maximum atomic E-state index is 12.3. The summed E-state index contributed by atoms with van der Waals surface area (Å²) in [5.41, 5.74) is 2.25. The number of hydrogen-bond acceptors (Lipinski definition) is 5. The summed E-state index contributed by atoms with van der Waals surface area (Å²) >= 11 is 12.5. The van der Waals surface area contributed by atoms with Crippen molar-refractivity contribution in [3.05, 3.63) is 64.5 Å². The Morgan fingerprint density at radius 2 is 1.89 bits per heavy atom. The van der Waals surface area contributed by atoms with E-state index in [2.05, 4.69) is 15.6 Å². The van der Waals surface area contributed by atoms with Gasteiger partial charge < -0.3 is 10.1 Å². The molecular weight excluding hydrogens is 402 g/mol. The van der Waals surface area contributed by atoms with Crippen LogP contribution in [0.5, 0.6) is 5.75 Å². The Bertz CT molecular complexity index is 940. The van der Waals surface area contributed by atoms with Crippen LogP contribution in [0.1, 0.15) is 17.3 Å². The molecule has 0 aliphatic rings. The van der Waals surface area contributed by atoms with E-state index in [0.29, 0.717) is 28.1 Å². The van der Waals surface area contributed by atoms with Crippen molar-refractivity contribution < 1.29 is 9.53 Å². The molecule has 1 heterocycles. The van der Waals surface area contributed by atoms with Gasteiger partial charge in [-0.2, -0.15) is 0 Å².